The van der Waals surface area contributed by atoms with Gasteiger partial charge in [-0.2, -0.15) is 0 Å². The van der Waals surface area contributed by atoms with Crippen molar-refractivity contribution in [1.82, 2.24) is 0 Å². The van der Waals surface area contributed by atoms with Crippen molar-refractivity contribution in [3.63, 3.8) is 0 Å². The Morgan fingerprint density at radius 3 is 0.923 bits per heavy atom. The summed E-state index contributed by atoms with van der Waals surface area (Å²) in [6.07, 6.45) is 0. The molecule has 0 fully saturated rings. The first kappa shape index (κ1) is 33.3. The van der Waals surface area contributed by atoms with Crippen molar-refractivity contribution in [3.8, 4) is 22.3 Å². The topological polar surface area (TPSA) is 0 Å². The van der Waals surface area contributed by atoms with Crippen LogP contribution in [-0.2, 0) is 10.8 Å². The van der Waals surface area contributed by atoms with Crippen molar-refractivity contribution in [2.24, 2.45) is 0 Å². The van der Waals surface area contributed by atoms with Gasteiger partial charge in [0.1, 0.15) is 0 Å². The lowest BCUT2D eigenvalue weighted by Gasteiger charge is -2.29. The summed E-state index contributed by atoms with van der Waals surface area (Å²) in [7, 11) is -1.36. The van der Waals surface area contributed by atoms with Gasteiger partial charge in [0.05, 0.1) is 0 Å². The molecule has 0 aliphatic heterocycles. The van der Waals surface area contributed by atoms with Crippen LogP contribution in [0.3, 0.4) is 0 Å². The third kappa shape index (κ3) is 5.03. The summed E-state index contributed by atoms with van der Waals surface area (Å²) < 4.78 is 0. The van der Waals surface area contributed by atoms with Gasteiger partial charge in [-0.15, -0.1) is 0 Å². The summed E-state index contributed by atoms with van der Waals surface area (Å²) in [5.41, 5.74) is 14.3. The van der Waals surface area contributed by atoms with Crippen molar-refractivity contribution in [1.29, 1.82) is 0 Å². The van der Waals surface area contributed by atoms with Crippen molar-refractivity contribution in [3.05, 3.63) is 191 Å². The molecule has 2 heteroatoms. The van der Waals surface area contributed by atoms with E-state index in [1.54, 1.807) is 0 Å². The van der Waals surface area contributed by atoms with E-state index in [2.05, 4.69) is 199 Å². The summed E-state index contributed by atoms with van der Waals surface area (Å²) in [6.45, 7) is 14.7. The van der Waals surface area contributed by atoms with Crippen LogP contribution >= 0.6 is 15.8 Å². The standard InChI is InChI=1S/C50H44P2/c1-33-45-41-29-27-39(51(35-19-11-7-12-20-35)36-21-13-8-14-22-36)31-43(41)50(5,6)48(45)34(2)46-42-30-28-40(32-44(42)49(3,4)47(33)46)52(37-23-15-9-16-24-37)38-25-17-10-18-26-38/h7-32H,1-6H3. The zero-order valence-electron chi connectivity index (χ0n) is 30.9. The molecule has 0 aromatic heterocycles. The van der Waals surface area contributed by atoms with Crippen molar-refractivity contribution in [2.75, 3.05) is 0 Å². The van der Waals surface area contributed by atoms with Crippen LogP contribution < -0.4 is 31.8 Å². The first-order valence-corrected chi connectivity index (χ1v) is 21.1. The fourth-order valence-corrected chi connectivity index (χ4v) is 14.2. The Morgan fingerprint density at radius 1 is 0.346 bits per heavy atom. The molecule has 0 bridgehead atoms. The molecule has 7 aromatic rings. The zero-order chi connectivity index (χ0) is 35.8. The largest absolute Gasteiger partial charge is 0.0622 e. The van der Waals surface area contributed by atoms with Crippen LogP contribution in [0.5, 0.6) is 0 Å². The van der Waals surface area contributed by atoms with E-state index in [0.717, 1.165) is 0 Å². The van der Waals surface area contributed by atoms with Crippen molar-refractivity contribution >= 4 is 47.7 Å². The monoisotopic (exact) mass is 706 g/mol. The van der Waals surface area contributed by atoms with Crippen molar-refractivity contribution < 1.29 is 0 Å². The van der Waals surface area contributed by atoms with Crippen LogP contribution in [0.2, 0.25) is 0 Å². The molecule has 0 amide bonds. The maximum absolute atomic E-state index is 2.56. The average molecular weight is 707 g/mol. The number of benzene rings is 7. The zero-order valence-corrected chi connectivity index (χ0v) is 32.7. The molecule has 254 valence electrons. The summed E-state index contributed by atoms with van der Waals surface area (Å²) in [6, 6.07) is 59.3. The Labute approximate surface area is 312 Å². The Morgan fingerprint density at radius 2 is 0.635 bits per heavy atom. The van der Waals surface area contributed by atoms with Gasteiger partial charge in [0.2, 0.25) is 0 Å². The second kappa shape index (κ2) is 12.5. The van der Waals surface area contributed by atoms with Gasteiger partial charge in [-0.3, -0.25) is 0 Å². The molecule has 0 radical (unpaired) electrons. The molecule has 0 saturated heterocycles. The number of rotatable bonds is 6. The van der Waals surface area contributed by atoms with E-state index < -0.39 is 15.8 Å². The quantitative estimate of drug-likeness (QED) is 0.151. The highest BCUT2D eigenvalue weighted by Crippen LogP contribution is 2.60. The number of fused-ring (bicyclic) bond motifs is 6. The lowest BCUT2D eigenvalue weighted by Crippen LogP contribution is -2.23. The van der Waals surface area contributed by atoms with Crippen molar-refractivity contribution in [2.45, 2.75) is 52.4 Å². The Balaban J connectivity index is 1.20. The minimum absolute atomic E-state index is 0.124. The fourth-order valence-electron chi connectivity index (χ4n) is 9.52. The molecular weight excluding hydrogens is 662 g/mol. The molecule has 52 heavy (non-hydrogen) atoms. The van der Waals surface area contributed by atoms with Gasteiger partial charge in [-0.05, 0) is 129 Å². The predicted octanol–water partition coefficient (Wildman–Crippen LogP) is 10.4. The lowest BCUT2D eigenvalue weighted by atomic mass is 9.74. The average Bonchev–Trinajstić information content (AvgIpc) is 3.56. The van der Waals surface area contributed by atoms with E-state index in [0.29, 0.717) is 0 Å². The number of hydrogen-bond acceptors (Lipinski definition) is 0. The van der Waals surface area contributed by atoms with Crippen LogP contribution in [0.1, 0.15) is 61.1 Å². The molecule has 2 aliphatic rings. The van der Waals surface area contributed by atoms with E-state index in [4.69, 9.17) is 0 Å². The molecule has 0 N–H and O–H groups in total. The summed E-state index contributed by atoms with van der Waals surface area (Å²) in [5, 5.41) is 8.41. The first-order valence-electron chi connectivity index (χ1n) is 18.5. The van der Waals surface area contributed by atoms with E-state index in [9.17, 15) is 0 Å². The molecule has 0 nitrogen and oxygen atoms in total. The lowest BCUT2D eigenvalue weighted by molar-refractivity contribution is 0.645. The second-order valence-corrected chi connectivity index (χ2v) is 19.9. The molecular formula is C50H44P2. The third-order valence-electron chi connectivity index (χ3n) is 11.7. The van der Waals surface area contributed by atoms with Crippen LogP contribution in [0.15, 0.2) is 158 Å². The third-order valence-corrected chi connectivity index (χ3v) is 16.6. The van der Waals surface area contributed by atoms with Crippen LogP contribution in [-0.4, -0.2) is 0 Å². The minimum Gasteiger partial charge on any atom is -0.0622 e. The smallest absolute Gasteiger partial charge is 0.0162 e. The molecule has 2 aliphatic carbocycles. The Hall–Kier alpha value is -4.60. The number of hydrogen-bond donors (Lipinski definition) is 0. The maximum Gasteiger partial charge on any atom is 0.0162 e. The second-order valence-electron chi connectivity index (χ2n) is 15.5. The van der Waals surface area contributed by atoms with E-state index in [1.807, 2.05) is 0 Å². The fraction of sp³-hybridized carbons (Fsp3) is 0.160. The first-order chi connectivity index (χ1) is 25.2. The molecule has 9 rings (SSSR count). The molecule has 0 unspecified atom stereocenters. The summed E-state index contributed by atoms with van der Waals surface area (Å²) >= 11 is 0. The van der Waals surface area contributed by atoms with Gasteiger partial charge in [0, 0.05) is 10.8 Å². The van der Waals surface area contributed by atoms with Crippen LogP contribution in [0.4, 0.5) is 0 Å². The van der Waals surface area contributed by atoms with Crippen LogP contribution in [0, 0.1) is 13.8 Å². The van der Waals surface area contributed by atoms with E-state index in [-0.39, 0.29) is 10.8 Å². The summed E-state index contributed by atoms with van der Waals surface area (Å²) in [4.78, 5) is 0. The predicted molar refractivity (Wildman–Crippen MR) is 228 cm³/mol. The molecule has 0 heterocycles. The highest BCUT2D eigenvalue weighted by Gasteiger charge is 2.45. The normalized spacial score (nSPS) is 14.6. The molecule has 0 atom stereocenters. The van der Waals surface area contributed by atoms with Gasteiger partial charge >= 0.3 is 0 Å². The van der Waals surface area contributed by atoms with Gasteiger partial charge in [0.25, 0.3) is 0 Å². The molecule has 0 spiro atoms. The highest BCUT2D eigenvalue weighted by molar-refractivity contribution is 7.80. The molecule has 7 aromatic carbocycles. The SMILES string of the molecule is Cc1c2c(c(C)c3c1C(C)(C)c1cc(P(c4ccccc4)c4ccccc4)ccc1-3)C(C)(C)c1cc(P(c3ccccc3)c3ccccc3)ccc1-2. The molecule has 0 saturated carbocycles. The Kier molecular flexibility index (Phi) is 8.01. The van der Waals surface area contributed by atoms with Gasteiger partial charge in [-0.25, -0.2) is 0 Å². The Bertz CT molecular complexity index is 2210. The maximum atomic E-state index is 2.56. The summed E-state index contributed by atoms with van der Waals surface area (Å²) in [5.74, 6) is 0. The highest BCUT2D eigenvalue weighted by atomic mass is 31.1. The van der Waals surface area contributed by atoms with Gasteiger partial charge < -0.3 is 0 Å². The van der Waals surface area contributed by atoms with Crippen LogP contribution in [0.25, 0.3) is 22.3 Å². The van der Waals surface area contributed by atoms with E-state index >= 15 is 0 Å². The van der Waals surface area contributed by atoms with E-state index in [1.165, 1.54) is 87.5 Å². The van der Waals surface area contributed by atoms with Gasteiger partial charge in [0.15, 0.2) is 0 Å². The van der Waals surface area contributed by atoms with Gasteiger partial charge in [-0.1, -0.05) is 173 Å². The minimum atomic E-state index is -0.681.